The van der Waals surface area contributed by atoms with E-state index in [9.17, 15) is 13.2 Å². The van der Waals surface area contributed by atoms with Crippen LogP contribution in [-0.2, 0) is 21.4 Å². The normalized spacial score (nSPS) is 10.8. The molecule has 3 rings (SSSR count). The van der Waals surface area contributed by atoms with Crippen molar-refractivity contribution in [3.63, 3.8) is 0 Å². The van der Waals surface area contributed by atoms with Gasteiger partial charge in [0.2, 0.25) is 0 Å². The number of hydrogen-bond acceptors (Lipinski definition) is 5. The standard InChI is InChI=1S/C23H20N2O4S/c1-2-25(21-9-4-3-5-10-21)30(27,28)22-13-11-20(12-14-22)23(26)29-17-19-8-6-7-18(15-19)16-24/h3-15H,2,17H2,1H3. The Balaban J connectivity index is 1.73. The third-order valence-electron chi connectivity index (χ3n) is 4.44. The van der Waals surface area contributed by atoms with Crippen molar-refractivity contribution in [3.05, 3.63) is 95.6 Å². The van der Waals surface area contributed by atoms with E-state index in [0.29, 0.717) is 16.8 Å². The highest BCUT2D eigenvalue weighted by Crippen LogP contribution is 2.23. The summed E-state index contributed by atoms with van der Waals surface area (Å²) in [6.07, 6.45) is 0. The van der Waals surface area contributed by atoms with Crippen LogP contribution in [0.25, 0.3) is 0 Å². The fraction of sp³-hybridized carbons (Fsp3) is 0.130. The molecular weight excluding hydrogens is 400 g/mol. The molecule has 0 saturated heterocycles. The third kappa shape index (κ3) is 4.67. The highest BCUT2D eigenvalue weighted by atomic mass is 32.2. The molecule has 0 fully saturated rings. The van der Waals surface area contributed by atoms with Gasteiger partial charge < -0.3 is 4.74 Å². The minimum Gasteiger partial charge on any atom is -0.457 e. The van der Waals surface area contributed by atoms with Crippen molar-refractivity contribution in [2.45, 2.75) is 18.4 Å². The van der Waals surface area contributed by atoms with E-state index in [-0.39, 0.29) is 23.6 Å². The summed E-state index contributed by atoms with van der Waals surface area (Å²) < 4.78 is 32.6. The summed E-state index contributed by atoms with van der Waals surface area (Å²) in [6, 6.07) is 23.3. The van der Waals surface area contributed by atoms with Crippen LogP contribution in [0.1, 0.15) is 28.4 Å². The number of ether oxygens (including phenoxy) is 1. The number of benzene rings is 3. The maximum absolute atomic E-state index is 13.0. The number of hydrogen-bond donors (Lipinski definition) is 0. The number of anilines is 1. The lowest BCUT2D eigenvalue weighted by Crippen LogP contribution is -2.30. The Labute approximate surface area is 176 Å². The second-order valence-electron chi connectivity index (χ2n) is 6.42. The van der Waals surface area contributed by atoms with Gasteiger partial charge in [0.15, 0.2) is 0 Å². The lowest BCUT2D eigenvalue weighted by atomic mass is 10.1. The molecule has 0 aromatic heterocycles. The van der Waals surface area contributed by atoms with E-state index in [1.54, 1.807) is 55.5 Å². The molecule has 0 atom stereocenters. The van der Waals surface area contributed by atoms with Gasteiger partial charge in [-0.3, -0.25) is 4.31 Å². The van der Waals surface area contributed by atoms with Crippen LogP contribution in [0.4, 0.5) is 5.69 Å². The van der Waals surface area contributed by atoms with Gasteiger partial charge in [-0.05, 0) is 61.0 Å². The minimum atomic E-state index is -3.76. The zero-order valence-electron chi connectivity index (χ0n) is 16.4. The molecule has 0 N–H and O–H groups in total. The van der Waals surface area contributed by atoms with E-state index in [1.165, 1.54) is 28.6 Å². The first-order valence-electron chi connectivity index (χ1n) is 9.29. The summed E-state index contributed by atoms with van der Waals surface area (Å²) in [4.78, 5) is 12.4. The number of nitrogens with zero attached hydrogens (tertiary/aromatic N) is 2. The Hall–Kier alpha value is -3.63. The summed E-state index contributed by atoms with van der Waals surface area (Å²) in [5, 5.41) is 8.93. The lowest BCUT2D eigenvalue weighted by molar-refractivity contribution is 0.0472. The molecule has 0 saturated carbocycles. The number of esters is 1. The number of para-hydroxylation sites is 1. The van der Waals surface area contributed by atoms with Gasteiger partial charge in [0.05, 0.1) is 27.8 Å². The monoisotopic (exact) mass is 420 g/mol. The maximum Gasteiger partial charge on any atom is 0.338 e. The van der Waals surface area contributed by atoms with Crippen molar-refractivity contribution in [2.75, 3.05) is 10.8 Å². The average Bonchev–Trinajstić information content (AvgIpc) is 2.78. The largest absolute Gasteiger partial charge is 0.457 e. The molecule has 0 aliphatic carbocycles. The zero-order valence-corrected chi connectivity index (χ0v) is 17.2. The molecule has 0 amide bonds. The maximum atomic E-state index is 13.0. The summed E-state index contributed by atoms with van der Waals surface area (Å²) in [5.41, 5.74) is 2.00. The van der Waals surface area contributed by atoms with Gasteiger partial charge in [-0.25, -0.2) is 13.2 Å². The SMILES string of the molecule is CCN(c1ccccc1)S(=O)(=O)c1ccc(C(=O)OCc2cccc(C#N)c2)cc1. The molecule has 0 unspecified atom stereocenters. The molecule has 0 heterocycles. The summed E-state index contributed by atoms with van der Waals surface area (Å²) in [7, 11) is -3.76. The Morgan fingerprint density at radius 2 is 1.70 bits per heavy atom. The fourth-order valence-electron chi connectivity index (χ4n) is 2.94. The molecule has 0 bridgehead atoms. The number of rotatable bonds is 7. The Morgan fingerprint density at radius 1 is 1.00 bits per heavy atom. The van der Waals surface area contributed by atoms with Crippen molar-refractivity contribution in [3.8, 4) is 6.07 Å². The van der Waals surface area contributed by atoms with E-state index < -0.39 is 16.0 Å². The van der Waals surface area contributed by atoms with Crippen LogP contribution in [0.2, 0.25) is 0 Å². The van der Waals surface area contributed by atoms with Crippen molar-refractivity contribution in [2.24, 2.45) is 0 Å². The third-order valence-corrected chi connectivity index (χ3v) is 6.35. The molecule has 7 heteroatoms. The van der Waals surface area contributed by atoms with E-state index in [4.69, 9.17) is 10.00 Å². The number of carbonyl (C=O) groups is 1. The van der Waals surface area contributed by atoms with Crippen molar-refractivity contribution >= 4 is 21.7 Å². The van der Waals surface area contributed by atoms with Gasteiger partial charge in [0.1, 0.15) is 6.61 Å². The van der Waals surface area contributed by atoms with Gasteiger partial charge in [-0.1, -0.05) is 30.3 Å². The number of nitriles is 1. The zero-order chi connectivity index (χ0) is 21.6. The molecule has 0 aliphatic heterocycles. The van der Waals surface area contributed by atoms with Gasteiger partial charge in [-0.2, -0.15) is 5.26 Å². The van der Waals surface area contributed by atoms with Gasteiger partial charge in [-0.15, -0.1) is 0 Å². The van der Waals surface area contributed by atoms with Crippen LogP contribution in [-0.4, -0.2) is 20.9 Å². The topological polar surface area (TPSA) is 87.5 Å². The summed E-state index contributed by atoms with van der Waals surface area (Å²) in [5.74, 6) is -0.572. The molecule has 30 heavy (non-hydrogen) atoms. The van der Waals surface area contributed by atoms with Crippen LogP contribution in [0.15, 0.2) is 83.8 Å². The Kier molecular flexibility index (Phi) is 6.50. The van der Waals surface area contributed by atoms with E-state index in [2.05, 4.69) is 0 Å². The highest BCUT2D eigenvalue weighted by molar-refractivity contribution is 7.92. The van der Waals surface area contributed by atoms with Gasteiger partial charge in [0.25, 0.3) is 10.0 Å². The first-order chi connectivity index (χ1) is 14.5. The predicted molar refractivity (Wildman–Crippen MR) is 113 cm³/mol. The smallest absolute Gasteiger partial charge is 0.338 e. The predicted octanol–water partition coefficient (Wildman–Crippen LogP) is 4.13. The quantitative estimate of drug-likeness (QED) is 0.536. The van der Waals surface area contributed by atoms with Gasteiger partial charge >= 0.3 is 5.97 Å². The fourth-order valence-corrected chi connectivity index (χ4v) is 4.41. The molecule has 3 aromatic rings. The van der Waals surface area contributed by atoms with Gasteiger partial charge in [0, 0.05) is 6.54 Å². The van der Waals surface area contributed by atoms with Crippen LogP contribution < -0.4 is 4.31 Å². The molecule has 152 valence electrons. The van der Waals surface area contributed by atoms with E-state index in [0.717, 1.165) is 0 Å². The van der Waals surface area contributed by atoms with Crippen LogP contribution in [0.3, 0.4) is 0 Å². The molecular formula is C23H20N2O4S. The van der Waals surface area contributed by atoms with Crippen molar-refractivity contribution in [1.82, 2.24) is 0 Å². The molecule has 0 spiro atoms. The molecule has 3 aromatic carbocycles. The lowest BCUT2D eigenvalue weighted by Gasteiger charge is -2.22. The first-order valence-corrected chi connectivity index (χ1v) is 10.7. The van der Waals surface area contributed by atoms with Crippen LogP contribution >= 0.6 is 0 Å². The number of carbonyl (C=O) groups excluding carboxylic acids is 1. The van der Waals surface area contributed by atoms with E-state index in [1.807, 2.05) is 12.1 Å². The highest BCUT2D eigenvalue weighted by Gasteiger charge is 2.23. The van der Waals surface area contributed by atoms with Crippen LogP contribution in [0, 0.1) is 11.3 Å². The Morgan fingerprint density at radius 3 is 2.33 bits per heavy atom. The summed E-state index contributed by atoms with van der Waals surface area (Å²) in [6.45, 7) is 2.06. The van der Waals surface area contributed by atoms with Crippen molar-refractivity contribution in [1.29, 1.82) is 5.26 Å². The second kappa shape index (κ2) is 9.25. The Bertz CT molecular complexity index is 1170. The molecule has 0 radical (unpaired) electrons. The number of sulfonamides is 1. The first kappa shape index (κ1) is 21.1. The van der Waals surface area contributed by atoms with Crippen LogP contribution in [0.5, 0.6) is 0 Å². The average molecular weight is 420 g/mol. The second-order valence-corrected chi connectivity index (χ2v) is 8.28. The summed E-state index contributed by atoms with van der Waals surface area (Å²) >= 11 is 0. The minimum absolute atomic E-state index is 0.0199. The van der Waals surface area contributed by atoms with Crippen molar-refractivity contribution < 1.29 is 17.9 Å². The molecule has 0 aliphatic rings. The molecule has 6 nitrogen and oxygen atoms in total. The van der Waals surface area contributed by atoms with E-state index >= 15 is 0 Å².